The Balaban J connectivity index is 1.93. The van der Waals surface area contributed by atoms with Gasteiger partial charge in [-0.25, -0.2) is 9.89 Å². The van der Waals surface area contributed by atoms with Gasteiger partial charge in [0.2, 0.25) is 0 Å². The lowest BCUT2D eigenvalue weighted by Gasteiger charge is -2.22. The summed E-state index contributed by atoms with van der Waals surface area (Å²) in [5, 5.41) is 9.43. The smallest absolute Gasteiger partial charge is 0.340 e. The van der Waals surface area contributed by atoms with E-state index in [1.54, 1.807) is 0 Å². The standard InChI is InChI=1S/C7H12N4O2/c12-7-9-6(10-11-7)3-5-4-13-2-1-8-5/h5,8H,1-4H2,(H2,9,10,11,12). The molecule has 2 heterocycles. The number of H-pyrrole nitrogens is 2. The predicted octanol–water partition coefficient (Wildman–Crippen LogP) is -1.37. The second-order valence-electron chi connectivity index (χ2n) is 3.05. The molecule has 1 saturated heterocycles. The number of nitrogens with one attached hydrogen (secondary N) is 3. The van der Waals surface area contributed by atoms with Gasteiger partial charge in [-0.3, -0.25) is 4.98 Å². The maximum atomic E-state index is 10.7. The first-order chi connectivity index (χ1) is 6.34. The molecule has 13 heavy (non-hydrogen) atoms. The molecule has 3 N–H and O–H groups in total. The molecule has 0 aromatic carbocycles. The van der Waals surface area contributed by atoms with E-state index in [0.717, 1.165) is 13.2 Å². The van der Waals surface area contributed by atoms with E-state index in [9.17, 15) is 4.79 Å². The molecule has 0 amide bonds. The van der Waals surface area contributed by atoms with Gasteiger partial charge in [0.1, 0.15) is 5.82 Å². The van der Waals surface area contributed by atoms with Gasteiger partial charge in [-0.1, -0.05) is 0 Å². The fourth-order valence-electron chi connectivity index (χ4n) is 1.39. The van der Waals surface area contributed by atoms with Crippen molar-refractivity contribution in [1.29, 1.82) is 0 Å². The van der Waals surface area contributed by atoms with Gasteiger partial charge in [-0.05, 0) is 0 Å². The molecule has 0 spiro atoms. The average Bonchev–Trinajstić information content (AvgIpc) is 2.53. The zero-order valence-corrected chi connectivity index (χ0v) is 7.17. The zero-order chi connectivity index (χ0) is 9.10. The van der Waals surface area contributed by atoms with E-state index >= 15 is 0 Å². The van der Waals surface area contributed by atoms with Crippen LogP contribution in [0.5, 0.6) is 0 Å². The molecule has 1 aromatic heterocycles. The van der Waals surface area contributed by atoms with Crippen LogP contribution in [0.25, 0.3) is 0 Å². The van der Waals surface area contributed by atoms with Crippen LogP contribution in [-0.2, 0) is 11.2 Å². The van der Waals surface area contributed by atoms with Crippen molar-refractivity contribution in [2.45, 2.75) is 12.5 Å². The van der Waals surface area contributed by atoms with Crippen LogP contribution in [0.4, 0.5) is 0 Å². The van der Waals surface area contributed by atoms with Gasteiger partial charge in [0, 0.05) is 19.0 Å². The Morgan fingerprint density at radius 3 is 3.15 bits per heavy atom. The van der Waals surface area contributed by atoms with E-state index in [-0.39, 0.29) is 11.7 Å². The molecule has 1 fully saturated rings. The van der Waals surface area contributed by atoms with Crippen LogP contribution in [-0.4, -0.2) is 41.0 Å². The number of aromatic amines is 2. The Bertz CT molecular complexity index is 312. The van der Waals surface area contributed by atoms with Crippen molar-refractivity contribution in [3.05, 3.63) is 16.3 Å². The maximum absolute atomic E-state index is 10.7. The third kappa shape index (κ3) is 2.16. The number of nitrogens with zero attached hydrogens (tertiary/aromatic N) is 1. The van der Waals surface area contributed by atoms with E-state index in [4.69, 9.17) is 4.74 Å². The van der Waals surface area contributed by atoms with Crippen molar-refractivity contribution in [2.24, 2.45) is 0 Å². The predicted molar refractivity (Wildman–Crippen MR) is 45.5 cm³/mol. The van der Waals surface area contributed by atoms with Crippen molar-refractivity contribution >= 4 is 0 Å². The minimum atomic E-state index is -0.258. The first kappa shape index (κ1) is 8.46. The molecule has 0 aliphatic carbocycles. The molecule has 1 atom stereocenters. The van der Waals surface area contributed by atoms with Crippen LogP contribution in [0, 0.1) is 0 Å². The lowest BCUT2D eigenvalue weighted by Crippen LogP contribution is -2.42. The molecular formula is C7H12N4O2. The SMILES string of the molecule is O=c1[nH]nc(CC2COCCN2)[nH]1. The van der Waals surface area contributed by atoms with E-state index < -0.39 is 0 Å². The highest BCUT2D eigenvalue weighted by molar-refractivity contribution is 4.87. The van der Waals surface area contributed by atoms with Crippen LogP contribution >= 0.6 is 0 Å². The molecule has 6 nitrogen and oxygen atoms in total. The largest absolute Gasteiger partial charge is 0.379 e. The minimum Gasteiger partial charge on any atom is -0.379 e. The van der Waals surface area contributed by atoms with Gasteiger partial charge in [-0.15, -0.1) is 0 Å². The van der Waals surface area contributed by atoms with Crippen LogP contribution in [0.3, 0.4) is 0 Å². The van der Waals surface area contributed by atoms with Crippen LogP contribution in [0.2, 0.25) is 0 Å². The lowest BCUT2D eigenvalue weighted by molar-refractivity contribution is 0.0764. The Hall–Kier alpha value is -1.14. The van der Waals surface area contributed by atoms with E-state index in [2.05, 4.69) is 20.5 Å². The molecule has 1 aliphatic heterocycles. The zero-order valence-electron chi connectivity index (χ0n) is 7.17. The van der Waals surface area contributed by atoms with E-state index in [1.165, 1.54) is 0 Å². The van der Waals surface area contributed by atoms with Gasteiger partial charge in [0.15, 0.2) is 0 Å². The van der Waals surface area contributed by atoms with Crippen LogP contribution < -0.4 is 11.0 Å². The summed E-state index contributed by atoms with van der Waals surface area (Å²) >= 11 is 0. The van der Waals surface area contributed by atoms with Crippen molar-refractivity contribution < 1.29 is 4.74 Å². The monoisotopic (exact) mass is 184 g/mol. The number of ether oxygens (including phenoxy) is 1. The van der Waals surface area contributed by atoms with Crippen molar-refractivity contribution in [3.63, 3.8) is 0 Å². The summed E-state index contributed by atoms with van der Waals surface area (Å²) in [6.45, 7) is 2.29. The minimum absolute atomic E-state index is 0.257. The summed E-state index contributed by atoms with van der Waals surface area (Å²) in [7, 11) is 0. The third-order valence-corrected chi connectivity index (χ3v) is 1.99. The molecule has 1 aliphatic rings. The van der Waals surface area contributed by atoms with Crippen LogP contribution in [0.15, 0.2) is 4.79 Å². The molecule has 6 heteroatoms. The Morgan fingerprint density at radius 1 is 1.62 bits per heavy atom. The number of rotatable bonds is 2. The Morgan fingerprint density at radius 2 is 2.54 bits per heavy atom. The van der Waals surface area contributed by atoms with Gasteiger partial charge in [-0.2, -0.15) is 5.10 Å². The van der Waals surface area contributed by atoms with Gasteiger partial charge in [0.25, 0.3) is 0 Å². The fourth-order valence-corrected chi connectivity index (χ4v) is 1.39. The summed E-state index contributed by atoms with van der Waals surface area (Å²) in [5.74, 6) is 0.674. The average molecular weight is 184 g/mol. The maximum Gasteiger partial charge on any atom is 0.340 e. The highest BCUT2D eigenvalue weighted by atomic mass is 16.5. The Kier molecular flexibility index (Phi) is 2.42. The molecular weight excluding hydrogens is 172 g/mol. The fraction of sp³-hybridized carbons (Fsp3) is 0.714. The number of aromatic nitrogens is 3. The van der Waals surface area contributed by atoms with Gasteiger partial charge < -0.3 is 10.1 Å². The molecule has 72 valence electrons. The van der Waals surface area contributed by atoms with Gasteiger partial charge >= 0.3 is 5.69 Å². The summed E-state index contributed by atoms with van der Waals surface area (Å²) in [5.41, 5.74) is -0.258. The van der Waals surface area contributed by atoms with Crippen LogP contribution in [0.1, 0.15) is 5.82 Å². The highest BCUT2D eigenvalue weighted by Crippen LogP contribution is 1.98. The third-order valence-electron chi connectivity index (χ3n) is 1.99. The number of hydrogen-bond acceptors (Lipinski definition) is 4. The van der Waals surface area contributed by atoms with Crippen molar-refractivity contribution in [3.8, 4) is 0 Å². The highest BCUT2D eigenvalue weighted by Gasteiger charge is 2.14. The molecule has 1 aromatic rings. The molecule has 0 bridgehead atoms. The van der Waals surface area contributed by atoms with E-state index in [1.807, 2.05) is 0 Å². The summed E-state index contributed by atoms with van der Waals surface area (Å²) in [4.78, 5) is 13.3. The second-order valence-corrected chi connectivity index (χ2v) is 3.05. The topological polar surface area (TPSA) is 82.8 Å². The number of hydrogen-bond donors (Lipinski definition) is 3. The summed E-state index contributed by atoms with van der Waals surface area (Å²) in [6.07, 6.45) is 0.693. The molecule has 1 unspecified atom stereocenters. The summed E-state index contributed by atoms with van der Waals surface area (Å²) in [6, 6.07) is 0.257. The molecule has 0 saturated carbocycles. The lowest BCUT2D eigenvalue weighted by atomic mass is 10.2. The van der Waals surface area contributed by atoms with Crippen molar-refractivity contribution in [2.75, 3.05) is 19.8 Å². The van der Waals surface area contributed by atoms with Gasteiger partial charge in [0.05, 0.1) is 13.2 Å². The molecule has 0 radical (unpaired) electrons. The first-order valence-corrected chi connectivity index (χ1v) is 4.29. The second kappa shape index (κ2) is 3.71. The first-order valence-electron chi connectivity index (χ1n) is 4.29. The van der Waals surface area contributed by atoms with Crippen molar-refractivity contribution in [1.82, 2.24) is 20.5 Å². The summed E-state index contributed by atoms with van der Waals surface area (Å²) < 4.78 is 5.27. The quantitative estimate of drug-likeness (QED) is 0.529. The van der Waals surface area contributed by atoms with E-state index in [0.29, 0.717) is 18.9 Å². The Labute approximate surface area is 74.7 Å². The molecule has 2 rings (SSSR count). The number of morpholine rings is 1. The normalized spacial score (nSPS) is 23.2.